The maximum atomic E-state index is 12.1. The molecule has 2 saturated heterocycles. The summed E-state index contributed by atoms with van der Waals surface area (Å²) in [4.78, 5) is 22.8. The summed E-state index contributed by atoms with van der Waals surface area (Å²) in [5.74, 6) is 1.25. The van der Waals surface area contributed by atoms with Crippen LogP contribution in [0.1, 0.15) is 33.6 Å². The third-order valence-corrected chi connectivity index (χ3v) is 4.60. The largest absolute Gasteiger partial charge is 0.444 e. The van der Waals surface area contributed by atoms with Gasteiger partial charge in [0.15, 0.2) is 5.96 Å². The molecule has 0 bridgehead atoms. The van der Waals surface area contributed by atoms with E-state index in [1.165, 1.54) is 12.8 Å². The predicted molar refractivity (Wildman–Crippen MR) is 96.1 cm³/mol. The number of ether oxygens (including phenoxy) is 1. The highest BCUT2D eigenvalue weighted by molar-refractivity contribution is 5.78. The molecule has 7 heteroatoms. The first-order valence-corrected chi connectivity index (χ1v) is 8.96. The van der Waals surface area contributed by atoms with Gasteiger partial charge in [0.2, 0.25) is 0 Å². The van der Waals surface area contributed by atoms with Crippen LogP contribution in [0.3, 0.4) is 0 Å². The molecule has 2 N–H and O–H groups in total. The molecular weight excluding hydrogens is 306 g/mol. The Morgan fingerprint density at radius 1 is 1.08 bits per heavy atom. The monoisotopic (exact) mass is 339 g/mol. The summed E-state index contributed by atoms with van der Waals surface area (Å²) in [6, 6.07) is 0. The summed E-state index contributed by atoms with van der Waals surface area (Å²) in [7, 11) is 2.16. The lowest BCUT2D eigenvalue weighted by Crippen LogP contribution is -2.53. The average Bonchev–Trinajstić information content (AvgIpc) is 2.52. The van der Waals surface area contributed by atoms with Gasteiger partial charge in [-0.25, -0.2) is 4.79 Å². The fourth-order valence-electron chi connectivity index (χ4n) is 3.01. The van der Waals surface area contributed by atoms with Crippen LogP contribution in [-0.2, 0) is 4.74 Å². The summed E-state index contributed by atoms with van der Waals surface area (Å²) in [5, 5.41) is 0. The molecule has 2 heterocycles. The number of rotatable bonds is 2. The van der Waals surface area contributed by atoms with Gasteiger partial charge in [0, 0.05) is 32.7 Å². The molecule has 2 aliphatic heterocycles. The molecule has 0 aromatic carbocycles. The van der Waals surface area contributed by atoms with Crippen LogP contribution < -0.4 is 5.73 Å². The Hall–Kier alpha value is -1.50. The van der Waals surface area contributed by atoms with Gasteiger partial charge in [-0.15, -0.1) is 0 Å². The Kier molecular flexibility index (Phi) is 6.32. The minimum absolute atomic E-state index is 0.246. The molecule has 138 valence electrons. The first-order chi connectivity index (χ1) is 11.2. The van der Waals surface area contributed by atoms with E-state index in [0.717, 1.165) is 19.6 Å². The minimum Gasteiger partial charge on any atom is -0.444 e. The molecule has 0 spiro atoms. The van der Waals surface area contributed by atoms with Gasteiger partial charge >= 0.3 is 6.09 Å². The average molecular weight is 339 g/mol. The quantitative estimate of drug-likeness (QED) is 0.604. The summed E-state index contributed by atoms with van der Waals surface area (Å²) in [6.45, 7) is 11.4. The van der Waals surface area contributed by atoms with Crippen molar-refractivity contribution in [2.75, 3.05) is 52.9 Å². The van der Waals surface area contributed by atoms with Crippen LogP contribution in [0.25, 0.3) is 0 Å². The van der Waals surface area contributed by atoms with Crippen LogP contribution in [0, 0.1) is 5.92 Å². The normalized spacial score (nSPS) is 21.9. The number of piperazine rings is 1. The van der Waals surface area contributed by atoms with Gasteiger partial charge in [0.05, 0.1) is 0 Å². The molecule has 0 unspecified atom stereocenters. The number of guanidine groups is 1. The zero-order chi connectivity index (χ0) is 17.7. The van der Waals surface area contributed by atoms with Crippen molar-refractivity contribution < 1.29 is 9.53 Å². The third-order valence-electron chi connectivity index (χ3n) is 4.60. The lowest BCUT2D eigenvalue weighted by Gasteiger charge is -2.36. The van der Waals surface area contributed by atoms with Crippen molar-refractivity contribution in [1.29, 1.82) is 0 Å². The Bertz CT molecular complexity index is 444. The number of carbonyl (C=O) groups excluding carboxylic acids is 1. The predicted octanol–water partition coefficient (Wildman–Crippen LogP) is 1.20. The van der Waals surface area contributed by atoms with E-state index in [4.69, 9.17) is 10.5 Å². The molecule has 0 aromatic heterocycles. The Morgan fingerprint density at radius 2 is 1.62 bits per heavy atom. The van der Waals surface area contributed by atoms with E-state index >= 15 is 0 Å². The first-order valence-electron chi connectivity index (χ1n) is 8.96. The van der Waals surface area contributed by atoms with Crippen molar-refractivity contribution in [3.63, 3.8) is 0 Å². The van der Waals surface area contributed by atoms with Gasteiger partial charge in [-0.2, -0.15) is 0 Å². The molecule has 24 heavy (non-hydrogen) atoms. The molecule has 0 aliphatic carbocycles. The van der Waals surface area contributed by atoms with Gasteiger partial charge in [-0.05, 0) is 59.7 Å². The highest BCUT2D eigenvalue weighted by Gasteiger charge is 2.26. The van der Waals surface area contributed by atoms with E-state index < -0.39 is 5.60 Å². The number of nitrogens with zero attached hydrogens (tertiary/aromatic N) is 4. The van der Waals surface area contributed by atoms with Crippen LogP contribution in [0.2, 0.25) is 0 Å². The van der Waals surface area contributed by atoms with E-state index in [1.54, 1.807) is 4.90 Å². The second kappa shape index (κ2) is 8.05. The molecule has 0 radical (unpaired) electrons. The second-order valence-electron chi connectivity index (χ2n) is 7.90. The van der Waals surface area contributed by atoms with E-state index in [-0.39, 0.29) is 6.09 Å². The topological polar surface area (TPSA) is 74.4 Å². The second-order valence-corrected chi connectivity index (χ2v) is 7.90. The molecule has 0 saturated carbocycles. The molecule has 7 nitrogen and oxygen atoms in total. The Morgan fingerprint density at radius 3 is 2.17 bits per heavy atom. The van der Waals surface area contributed by atoms with Gasteiger partial charge in [0.25, 0.3) is 0 Å². The number of nitrogens with two attached hydrogens (primary N) is 1. The maximum Gasteiger partial charge on any atom is 0.410 e. The molecule has 2 fully saturated rings. The van der Waals surface area contributed by atoms with Crippen LogP contribution in [0.4, 0.5) is 4.79 Å². The standard InChI is InChI=1S/C17H33N5O2/c1-17(2,3)24-16(23)22-11-9-21(10-12-22)15(18)19-13-14-5-7-20(4)8-6-14/h14H,5-13H2,1-4H3,(H2,18,19). The molecule has 2 rings (SSSR count). The summed E-state index contributed by atoms with van der Waals surface area (Å²) in [6.07, 6.45) is 2.14. The zero-order valence-corrected chi connectivity index (χ0v) is 15.6. The van der Waals surface area contributed by atoms with E-state index in [0.29, 0.717) is 38.1 Å². The lowest BCUT2D eigenvalue weighted by atomic mass is 9.97. The van der Waals surface area contributed by atoms with Crippen molar-refractivity contribution in [3.8, 4) is 0 Å². The fraction of sp³-hybridized carbons (Fsp3) is 0.882. The van der Waals surface area contributed by atoms with Crippen molar-refractivity contribution >= 4 is 12.1 Å². The summed E-state index contributed by atoms with van der Waals surface area (Å²) >= 11 is 0. The van der Waals surface area contributed by atoms with Crippen LogP contribution in [0.15, 0.2) is 4.99 Å². The van der Waals surface area contributed by atoms with Gasteiger partial charge in [-0.1, -0.05) is 0 Å². The molecule has 0 aromatic rings. The zero-order valence-electron chi connectivity index (χ0n) is 15.6. The minimum atomic E-state index is -0.456. The van der Waals surface area contributed by atoms with Crippen LogP contribution >= 0.6 is 0 Å². The van der Waals surface area contributed by atoms with Crippen molar-refractivity contribution in [1.82, 2.24) is 14.7 Å². The smallest absolute Gasteiger partial charge is 0.410 e. The number of aliphatic imine (C=N–C) groups is 1. The van der Waals surface area contributed by atoms with Gasteiger partial charge < -0.3 is 25.2 Å². The number of amides is 1. The summed E-state index contributed by atoms with van der Waals surface area (Å²) < 4.78 is 5.41. The number of hydrogen-bond acceptors (Lipinski definition) is 4. The maximum absolute atomic E-state index is 12.1. The molecule has 2 aliphatic rings. The van der Waals surface area contributed by atoms with E-state index in [9.17, 15) is 4.79 Å². The molecule has 0 atom stereocenters. The summed E-state index contributed by atoms with van der Waals surface area (Å²) in [5.41, 5.74) is 5.69. The van der Waals surface area contributed by atoms with Crippen LogP contribution in [0.5, 0.6) is 0 Å². The van der Waals surface area contributed by atoms with E-state index in [1.807, 2.05) is 20.8 Å². The SMILES string of the molecule is CN1CCC(CN=C(N)N2CCN(C(=O)OC(C)(C)C)CC2)CC1. The fourth-order valence-corrected chi connectivity index (χ4v) is 3.01. The molecule has 1 amide bonds. The lowest BCUT2D eigenvalue weighted by molar-refractivity contribution is 0.0186. The van der Waals surface area contributed by atoms with Crippen molar-refractivity contribution in [2.45, 2.75) is 39.2 Å². The highest BCUT2D eigenvalue weighted by atomic mass is 16.6. The van der Waals surface area contributed by atoms with Gasteiger partial charge in [0.1, 0.15) is 5.60 Å². The number of piperidine rings is 1. The van der Waals surface area contributed by atoms with Crippen LogP contribution in [-0.4, -0.2) is 85.2 Å². The third kappa shape index (κ3) is 5.85. The number of likely N-dealkylation sites (tertiary alicyclic amines) is 1. The van der Waals surface area contributed by atoms with Crippen molar-refractivity contribution in [3.05, 3.63) is 0 Å². The highest BCUT2D eigenvalue weighted by Crippen LogP contribution is 2.16. The Labute approximate surface area is 145 Å². The number of hydrogen-bond donors (Lipinski definition) is 1. The number of carbonyl (C=O) groups is 1. The first kappa shape index (κ1) is 18.8. The van der Waals surface area contributed by atoms with E-state index in [2.05, 4.69) is 21.8 Å². The molecular formula is C17H33N5O2. The van der Waals surface area contributed by atoms with Gasteiger partial charge in [-0.3, -0.25) is 4.99 Å². The Balaban J connectivity index is 1.75. The van der Waals surface area contributed by atoms with Crippen molar-refractivity contribution in [2.24, 2.45) is 16.6 Å².